The summed E-state index contributed by atoms with van der Waals surface area (Å²) in [5.41, 5.74) is 3.00. The molecule has 1 amide bonds. The van der Waals surface area contributed by atoms with Gasteiger partial charge in [-0.3, -0.25) is 4.79 Å². The van der Waals surface area contributed by atoms with Crippen LogP contribution in [-0.2, 0) is 19.4 Å². The molecule has 0 aliphatic heterocycles. The van der Waals surface area contributed by atoms with Crippen LogP contribution in [0.2, 0.25) is 0 Å². The number of benzene rings is 1. The summed E-state index contributed by atoms with van der Waals surface area (Å²) < 4.78 is 11.3. The number of carbonyl (C=O) groups excluding carboxylic acids is 1. The van der Waals surface area contributed by atoms with Crippen molar-refractivity contribution in [1.29, 1.82) is 0 Å². The largest absolute Gasteiger partial charge is 0.490 e. The molecular formula is C28H34N2O3S. The normalized spacial score (nSPS) is 16.1. The molecule has 6 heteroatoms. The number of rotatable bonds is 7. The number of furan rings is 1. The lowest BCUT2D eigenvalue weighted by Gasteiger charge is -2.33. The van der Waals surface area contributed by atoms with Crippen molar-refractivity contribution in [2.45, 2.75) is 66.5 Å². The first-order valence-electron chi connectivity index (χ1n) is 12.0. The fourth-order valence-corrected chi connectivity index (χ4v) is 5.65. The van der Waals surface area contributed by atoms with Crippen molar-refractivity contribution < 1.29 is 13.9 Å². The molecule has 4 rings (SSSR count). The van der Waals surface area contributed by atoms with E-state index in [0.29, 0.717) is 18.0 Å². The van der Waals surface area contributed by atoms with Crippen LogP contribution in [0.15, 0.2) is 52.1 Å². The lowest BCUT2D eigenvalue weighted by atomic mass is 9.72. The Bertz CT molecular complexity index is 1150. The Morgan fingerprint density at radius 2 is 2.06 bits per heavy atom. The third-order valence-corrected chi connectivity index (χ3v) is 7.47. The number of thiophene rings is 1. The van der Waals surface area contributed by atoms with Crippen LogP contribution in [0.4, 0.5) is 5.00 Å². The Morgan fingerprint density at radius 1 is 1.26 bits per heavy atom. The summed E-state index contributed by atoms with van der Waals surface area (Å²) in [6.07, 6.45) is 6.48. The second-order valence-corrected chi connectivity index (χ2v) is 11.3. The van der Waals surface area contributed by atoms with Gasteiger partial charge in [0.25, 0.3) is 5.91 Å². The number of hydrogen-bond donors (Lipinski definition) is 1. The maximum Gasteiger partial charge on any atom is 0.255 e. The highest BCUT2D eigenvalue weighted by Crippen LogP contribution is 2.45. The summed E-state index contributed by atoms with van der Waals surface area (Å²) in [6, 6.07) is 11.6. The van der Waals surface area contributed by atoms with Crippen molar-refractivity contribution in [3.63, 3.8) is 0 Å². The minimum Gasteiger partial charge on any atom is -0.490 e. The van der Waals surface area contributed by atoms with E-state index in [4.69, 9.17) is 14.1 Å². The van der Waals surface area contributed by atoms with E-state index in [-0.39, 0.29) is 17.4 Å². The van der Waals surface area contributed by atoms with Gasteiger partial charge in [-0.25, -0.2) is 4.99 Å². The molecule has 1 aliphatic rings. The van der Waals surface area contributed by atoms with Gasteiger partial charge in [0, 0.05) is 16.7 Å². The van der Waals surface area contributed by atoms with E-state index in [1.54, 1.807) is 17.6 Å². The number of fused-ring (bicyclic) bond motifs is 1. The van der Waals surface area contributed by atoms with Gasteiger partial charge in [-0.2, -0.15) is 0 Å². The van der Waals surface area contributed by atoms with Gasteiger partial charge in [0.2, 0.25) is 0 Å². The molecule has 0 radical (unpaired) electrons. The summed E-state index contributed by atoms with van der Waals surface area (Å²) in [6.45, 7) is 11.3. The predicted octanol–water partition coefficient (Wildman–Crippen LogP) is 6.96. The summed E-state index contributed by atoms with van der Waals surface area (Å²) in [4.78, 5) is 19.5. The predicted molar refractivity (Wildman–Crippen MR) is 139 cm³/mol. The minimum absolute atomic E-state index is 0.0703. The number of aliphatic imine (C=N–C) groups is 1. The monoisotopic (exact) mass is 478 g/mol. The highest BCUT2D eigenvalue weighted by atomic mass is 32.1. The fourth-order valence-electron chi connectivity index (χ4n) is 4.38. The van der Waals surface area contributed by atoms with Gasteiger partial charge >= 0.3 is 0 Å². The number of carbonyl (C=O) groups is 1. The van der Waals surface area contributed by atoms with E-state index in [0.717, 1.165) is 46.9 Å². The van der Waals surface area contributed by atoms with Gasteiger partial charge in [-0.15, -0.1) is 11.3 Å². The van der Waals surface area contributed by atoms with Crippen LogP contribution in [0.5, 0.6) is 5.75 Å². The molecule has 5 nitrogen and oxygen atoms in total. The zero-order chi connectivity index (χ0) is 24.3. The van der Waals surface area contributed by atoms with E-state index in [9.17, 15) is 4.79 Å². The van der Waals surface area contributed by atoms with Crippen LogP contribution in [0.3, 0.4) is 0 Å². The third-order valence-electron chi connectivity index (χ3n) is 6.30. The van der Waals surface area contributed by atoms with Crippen molar-refractivity contribution in [3.8, 4) is 5.75 Å². The Hall–Kier alpha value is -2.86. The molecule has 2 heterocycles. The van der Waals surface area contributed by atoms with E-state index >= 15 is 0 Å². The summed E-state index contributed by atoms with van der Waals surface area (Å²) in [5.74, 6) is 2.02. The SMILES string of the molecule is CC(C)Oc1ccccc1C=Nc1sc2c(c1C(=O)NCc1ccco1)CC[C@H](C(C)(C)C)C2. The van der Waals surface area contributed by atoms with E-state index in [1.807, 2.05) is 56.5 Å². The van der Waals surface area contributed by atoms with Crippen LogP contribution in [-0.4, -0.2) is 18.2 Å². The maximum absolute atomic E-state index is 13.4. The summed E-state index contributed by atoms with van der Waals surface area (Å²) in [7, 11) is 0. The Balaban J connectivity index is 1.66. The van der Waals surface area contributed by atoms with Gasteiger partial charge in [0.15, 0.2) is 0 Å². The molecule has 0 bridgehead atoms. The molecule has 180 valence electrons. The summed E-state index contributed by atoms with van der Waals surface area (Å²) in [5, 5.41) is 3.79. The number of nitrogens with one attached hydrogen (secondary N) is 1. The van der Waals surface area contributed by atoms with Crippen LogP contribution in [0.1, 0.15) is 73.2 Å². The highest BCUT2D eigenvalue weighted by Gasteiger charge is 2.33. The van der Waals surface area contributed by atoms with Crippen LogP contribution >= 0.6 is 11.3 Å². The molecule has 1 N–H and O–H groups in total. The fraction of sp³-hybridized carbons (Fsp3) is 0.429. The Labute approximate surface area is 206 Å². The zero-order valence-electron chi connectivity index (χ0n) is 20.7. The molecule has 0 saturated heterocycles. The molecule has 34 heavy (non-hydrogen) atoms. The number of hydrogen-bond acceptors (Lipinski definition) is 5. The molecular weight excluding hydrogens is 444 g/mol. The first-order valence-corrected chi connectivity index (χ1v) is 12.8. The number of ether oxygens (including phenoxy) is 1. The lowest BCUT2D eigenvalue weighted by molar-refractivity contribution is 0.0947. The average molecular weight is 479 g/mol. The second kappa shape index (κ2) is 10.2. The third kappa shape index (κ3) is 5.61. The highest BCUT2D eigenvalue weighted by molar-refractivity contribution is 7.16. The molecule has 1 aliphatic carbocycles. The molecule has 0 saturated carbocycles. The first kappa shape index (κ1) is 24.3. The van der Waals surface area contributed by atoms with Gasteiger partial charge in [-0.1, -0.05) is 32.9 Å². The van der Waals surface area contributed by atoms with Crippen molar-refractivity contribution >= 4 is 28.5 Å². The van der Waals surface area contributed by atoms with Crippen LogP contribution in [0.25, 0.3) is 0 Å². The quantitative estimate of drug-likeness (QED) is 0.373. The second-order valence-electron chi connectivity index (χ2n) is 10.2. The van der Waals surface area contributed by atoms with Crippen LogP contribution < -0.4 is 10.1 Å². The van der Waals surface area contributed by atoms with Crippen LogP contribution in [0, 0.1) is 11.3 Å². The maximum atomic E-state index is 13.4. The molecule has 0 unspecified atom stereocenters. The standard InChI is InChI=1S/C28H34N2O3S/c1-18(2)33-23-11-7-6-9-19(23)16-30-27-25(26(31)29-17-21-10-8-14-32-21)22-13-12-20(28(3,4)5)15-24(22)34-27/h6-11,14,16,18,20H,12-13,15,17H2,1-5H3,(H,29,31)/t20-/m0/s1. The first-order chi connectivity index (χ1) is 16.2. The lowest BCUT2D eigenvalue weighted by Crippen LogP contribution is -2.28. The van der Waals surface area contributed by atoms with Crippen molar-refractivity contribution in [2.24, 2.45) is 16.3 Å². The molecule has 2 aromatic heterocycles. The zero-order valence-corrected chi connectivity index (χ0v) is 21.5. The van der Waals surface area contributed by atoms with E-state index in [1.165, 1.54) is 4.88 Å². The van der Waals surface area contributed by atoms with Gasteiger partial charge in [-0.05, 0) is 74.3 Å². The van der Waals surface area contributed by atoms with E-state index in [2.05, 4.69) is 26.1 Å². The van der Waals surface area contributed by atoms with Crippen molar-refractivity contribution in [1.82, 2.24) is 5.32 Å². The summed E-state index contributed by atoms with van der Waals surface area (Å²) >= 11 is 1.65. The number of nitrogens with zero attached hydrogens (tertiary/aromatic N) is 1. The smallest absolute Gasteiger partial charge is 0.255 e. The molecule has 1 atom stereocenters. The van der Waals surface area contributed by atoms with Gasteiger partial charge in [0.05, 0.1) is 24.5 Å². The van der Waals surface area contributed by atoms with E-state index < -0.39 is 0 Å². The number of para-hydroxylation sites is 1. The van der Waals surface area contributed by atoms with Gasteiger partial charge in [0.1, 0.15) is 16.5 Å². The van der Waals surface area contributed by atoms with Gasteiger partial charge < -0.3 is 14.5 Å². The average Bonchev–Trinajstić information content (AvgIpc) is 3.43. The topological polar surface area (TPSA) is 63.8 Å². The molecule has 0 spiro atoms. The molecule has 3 aromatic rings. The molecule has 0 fully saturated rings. The Kier molecular flexibility index (Phi) is 7.27. The minimum atomic E-state index is -0.0954. The van der Waals surface area contributed by atoms with Crippen molar-refractivity contribution in [2.75, 3.05) is 0 Å². The molecule has 1 aromatic carbocycles. The Morgan fingerprint density at radius 3 is 2.76 bits per heavy atom. The number of amides is 1. The van der Waals surface area contributed by atoms with Crippen molar-refractivity contribution in [3.05, 3.63) is 70.0 Å².